The number of carbonyl (C=O) groups is 1. The van der Waals surface area contributed by atoms with Crippen LogP contribution in [0.3, 0.4) is 0 Å². The number of hydrogen-bond acceptors (Lipinski definition) is 6. The first-order chi connectivity index (χ1) is 12.5. The van der Waals surface area contributed by atoms with Crippen molar-refractivity contribution in [2.75, 3.05) is 5.32 Å². The maximum Gasteiger partial charge on any atom is 0.275 e. The molecule has 1 aromatic heterocycles. The third-order valence-corrected chi connectivity index (χ3v) is 3.97. The molecule has 0 fully saturated rings. The lowest BCUT2D eigenvalue weighted by Gasteiger charge is -2.02. The third-order valence-electron chi connectivity index (χ3n) is 3.97. The zero-order valence-electron chi connectivity index (χ0n) is 12.9. The average Bonchev–Trinajstić information content (AvgIpc) is 2.93. The Morgan fingerprint density at radius 1 is 1.00 bits per heavy atom. The van der Waals surface area contributed by atoms with Crippen LogP contribution in [0.2, 0.25) is 0 Å². The second kappa shape index (κ2) is 5.48. The van der Waals surface area contributed by atoms with Gasteiger partial charge in [-0.05, 0) is 18.2 Å². The summed E-state index contributed by atoms with van der Waals surface area (Å²) in [5.41, 5.74) is -0.602. The number of rotatable bonds is 2. The molecule has 0 spiro atoms. The molecule has 3 N–H and O–H groups in total. The van der Waals surface area contributed by atoms with E-state index >= 15 is 0 Å². The highest BCUT2D eigenvalue weighted by atomic mass is 16.6. The molecule has 0 saturated carbocycles. The number of carbonyl (C=O) groups excluding carboxylic acids is 1. The van der Waals surface area contributed by atoms with Crippen LogP contribution in [0.4, 0.5) is 17.1 Å². The number of aromatic nitrogens is 2. The second-order valence-electron chi connectivity index (χ2n) is 5.51. The predicted octanol–water partition coefficient (Wildman–Crippen LogP) is 1.20. The number of aliphatic imine (C=N–C) groups is 1. The Morgan fingerprint density at radius 3 is 2.54 bits per heavy atom. The number of nitrogens with zero attached hydrogens (tertiary/aromatic N) is 2. The predicted molar refractivity (Wildman–Crippen MR) is 93.1 cm³/mol. The largest absolute Gasteiger partial charge is 0.320 e. The third kappa shape index (κ3) is 2.28. The highest BCUT2D eigenvalue weighted by Gasteiger charge is 2.28. The minimum absolute atomic E-state index is 0.0235. The topological polar surface area (TPSA) is 150 Å². The van der Waals surface area contributed by atoms with Crippen molar-refractivity contribution in [3.63, 3.8) is 0 Å². The number of non-ortho nitro benzene ring substituents is 1. The van der Waals surface area contributed by atoms with E-state index in [9.17, 15) is 24.5 Å². The van der Waals surface area contributed by atoms with Crippen LogP contribution in [-0.4, -0.2) is 26.7 Å². The Morgan fingerprint density at radius 2 is 1.77 bits per heavy atom. The van der Waals surface area contributed by atoms with E-state index in [0.29, 0.717) is 5.69 Å². The van der Waals surface area contributed by atoms with Crippen LogP contribution in [0.1, 0.15) is 5.56 Å². The summed E-state index contributed by atoms with van der Waals surface area (Å²) in [5, 5.41) is 18.1. The number of nitro groups is 1. The van der Waals surface area contributed by atoms with Gasteiger partial charge in [-0.15, -0.1) is 0 Å². The molecule has 0 unspecified atom stereocenters. The number of nitrogens with one attached hydrogen (secondary N) is 3. The molecular formula is C16H9N5O5. The van der Waals surface area contributed by atoms with Crippen molar-refractivity contribution in [2.45, 2.75) is 0 Å². The molecule has 4 rings (SSSR count). The number of anilines is 1. The average molecular weight is 351 g/mol. The molecule has 1 aliphatic rings. The maximum absolute atomic E-state index is 12.2. The van der Waals surface area contributed by atoms with E-state index in [4.69, 9.17) is 0 Å². The van der Waals surface area contributed by atoms with E-state index < -0.39 is 21.9 Å². The summed E-state index contributed by atoms with van der Waals surface area (Å²) in [7, 11) is 0. The Hall–Kier alpha value is -4.08. The van der Waals surface area contributed by atoms with Crippen LogP contribution in [0.15, 0.2) is 51.0 Å². The lowest BCUT2D eigenvalue weighted by atomic mass is 10.1. The van der Waals surface area contributed by atoms with E-state index in [2.05, 4.69) is 20.5 Å². The van der Waals surface area contributed by atoms with E-state index in [1.165, 1.54) is 36.4 Å². The summed E-state index contributed by atoms with van der Waals surface area (Å²) in [6.07, 6.45) is 0. The molecule has 1 amide bonds. The fourth-order valence-electron chi connectivity index (χ4n) is 2.79. The highest BCUT2D eigenvalue weighted by Crippen LogP contribution is 2.30. The molecule has 3 aromatic rings. The van der Waals surface area contributed by atoms with Gasteiger partial charge in [0.15, 0.2) is 0 Å². The summed E-state index contributed by atoms with van der Waals surface area (Å²) >= 11 is 0. The first-order valence-electron chi connectivity index (χ1n) is 7.38. The molecule has 0 aliphatic carbocycles. The van der Waals surface area contributed by atoms with Gasteiger partial charge in [-0.1, -0.05) is 6.07 Å². The minimum atomic E-state index is -0.580. The van der Waals surface area contributed by atoms with Crippen LogP contribution in [-0.2, 0) is 4.79 Å². The molecule has 10 nitrogen and oxygen atoms in total. The molecule has 0 bridgehead atoms. The van der Waals surface area contributed by atoms with Crippen molar-refractivity contribution in [1.29, 1.82) is 0 Å². The van der Waals surface area contributed by atoms with E-state index in [1.807, 2.05) is 0 Å². The summed E-state index contributed by atoms with van der Waals surface area (Å²) < 4.78 is 0. The van der Waals surface area contributed by atoms with Crippen LogP contribution in [0.25, 0.3) is 10.8 Å². The van der Waals surface area contributed by atoms with Crippen molar-refractivity contribution < 1.29 is 9.72 Å². The fraction of sp³-hybridized carbons (Fsp3) is 0. The van der Waals surface area contributed by atoms with Gasteiger partial charge in [-0.3, -0.25) is 34.7 Å². The van der Waals surface area contributed by atoms with Crippen LogP contribution < -0.4 is 16.4 Å². The normalized spacial score (nSPS) is 14.5. The van der Waals surface area contributed by atoms with Gasteiger partial charge >= 0.3 is 0 Å². The molecule has 1 aliphatic heterocycles. The highest BCUT2D eigenvalue weighted by molar-refractivity contribution is 6.54. The maximum atomic E-state index is 12.2. The van der Waals surface area contributed by atoms with Gasteiger partial charge in [0, 0.05) is 17.7 Å². The second-order valence-corrected chi connectivity index (χ2v) is 5.51. The number of H-pyrrole nitrogens is 2. The zero-order chi connectivity index (χ0) is 18.4. The number of fused-ring (bicyclic) bond motifs is 2. The summed E-state index contributed by atoms with van der Waals surface area (Å²) in [5.74, 6) is -0.557. The van der Waals surface area contributed by atoms with Crippen LogP contribution >= 0.6 is 0 Å². The van der Waals surface area contributed by atoms with Gasteiger partial charge in [-0.2, -0.15) is 0 Å². The van der Waals surface area contributed by atoms with E-state index in [1.54, 1.807) is 0 Å². The van der Waals surface area contributed by atoms with Gasteiger partial charge in [0.2, 0.25) is 0 Å². The zero-order valence-corrected chi connectivity index (χ0v) is 12.9. The number of amides is 1. The summed E-state index contributed by atoms with van der Waals surface area (Å²) in [4.78, 5) is 50.8. The fourth-order valence-corrected chi connectivity index (χ4v) is 2.79. The smallest absolute Gasteiger partial charge is 0.275 e. The van der Waals surface area contributed by atoms with Gasteiger partial charge in [0.25, 0.3) is 22.7 Å². The standard InChI is InChI=1S/C16H9N5O5/c22-14-8-2-1-3-11(12(8)15(23)20-19-14)17-13-9-6-7(21(25)26)4-5-10(9)18-16(13)24/h1-6H,(H,19,22)(H,20,23)(H,17,18,24). The number of hydrogen-bond donors (Lipinski definition) is 3. The molecular weight excluding hydrogens is 342 g/mol. The lowest BCUT2D eigenvalue weighted by molar-refractivity contribution is -0.384. The van der Waals surface area contributed by atoms with Crippen LogP contribution in [0.5, 0.6) is 0 Å². The minimum Gasteiger partial charge on any atom is -0.320 e. The molecule has 128 valence electrons. The van der Waals surface area contributed by atoms with Gasteiger partial charge in [0.1, 0.15) is 5.71 Å². The van der Waals surface area contributed by atoms with Gasteiger partial charge < -0.3 is 5.32 Å². The molecule has 26 heavy (non-hydrogen) atoms. The van der Waals surface area contributed by atoms with E-state index in [-0.39, 0.29) is 33.4 Å². The van der Waals surface area contributed by atoms with Crippen molar-refractivity contribution in [3.8, 4) is 0 Å². The molecule has 0 saturated heterocycles. The quantitative estimate of drug-likeness (QED) is 0.468. The number of aromatic amines is 2. The van der Waals surface area contributed by atoms with Crippen molar-refractivity contribution in [3.05, 3.63) is 72.8 Å². The van der Waals surface area contributed by atoms with Gasteiger partial charge in [-0.25, -0.2) is 4.99 Å². The first-order valence-corrected chi connectivity index (χ1v) is 7.38. The monoisotopic (exact) mass is 351 g/mol. The molecule has 2 heterocycles. The Kier molecular flexibility index (Phi) is 3.26. The Bertz CT molecular complexity index is 1250. The molecule has 0 atom stereocenters. The lowest BCUT2D eigenvalue weighted by Crippen LogP contribution is -2.19. The molecule has 2 aromatic carbocycles. The molecule has 10 heteroatoms. The number of benzene rings is 2. The first kappa shape index (κ1) is 15.4. The Labute approximate surface area is 143 Å². The Balaban J connectivity index is 1.98. The summed E-state index contributed by atoms with van der Waals surface area (Å²) in [6, 6.07) is 8.37. The molecule has 0 radical (unpaired) electrons. The van der Waals surface area contributed by atoms with Gasteiger partial charge in [0.05, 0.1) is 27.1 Å². The van der Waals surface area contributed by atoms with Crippen molar-refractivity contribution in [1.82, 2.24) is 10.2 Å². The van der Waals surface area contributed by atoms with Crippen LogP contribution in [0, 0.1) is 10.1 Å². The van der Waals surface area contributed by atoms with Crippen molar-refractivity contribution >= 4 is 39.5 Å². The SMILES string of the molecule is O=C1Nc2ccc([N+](=O)[O-])cc2C1=Nc1cccc2c(=O)[nH][nH]c(=O)c12. The summed E-state index contributed by atoms with van der Waals surface area (Å²) in [6.45, 7) is 0. The van der Waals surface area contributed by atoms with Crippen molar-refractivity contribution in [2.24, 2.45) is 4.99 Å². The van der Waals surface area contributed by atoms with E-state index in [0.717, 1.165) is 0 Å². The number of nitro benzene ring substituents is 1.